The van der Waals surface area contributed by atoms with Gasteiger partial charge in [-0.2, -0.15) is 0 Å². The first-order valence-electron chi connectivity index (χ1n) is 15.6. The van der Waals surface area contributed by atoms with Gasteiger partial charge in [0, 0.05) is 58.5 Å². The highest BCUT2D eigenvalue weighted by molar-refractivity contribution is 6.34. The van der Waals surface area contributed by atoms with Gasteiger partial charge in [-0.25, -0.2) is 0 Å². The maximum atomic E-state index is 14.6. The molecule has 7 heteroatoms. The molecule has 2 aromatic heterocycles. The van der Waals surface area contributed by atoms with Crippen molar-refractivity contribution >= 4 is 38.7 Å². The van der Waals surface area contributed by atoms with Gasteiger partial charge < -0.3 is 28.5 Å². The number of aliphatic hydroxyl groups excluding tert-OH is 1. The summed E-state index contributed by atoms with van der Waals surface area (Å²) in [6.45, 7) is 22.6. The van der Waals surface area contributed by atoms with Crippen LogP contribution in [-0.4, -0.2) is 45.6 Å². The Morgan fingerprint density at radius 2 is 1.24 bits per heavy atom. The number of para-hydroxylation sites is 2. The number of nitrogens with zero attached hydrogens (tertiary/aromatic N) is 2. The number of hydrogen-bond donors (Lipinski definition) is 1. The zero-order valence-electron chi connectivity index (χ0n) is 27.4. The molecule has 7 nitrogen and oxygen atoms in total. The molecule has 236 valence electrons. The van der Waals surface area contributed by atoms with E-state index < -0.39 is 28.4 Å². The molecule has 0 fully saturated rings. The number of carbonyl (C=O) groups excluding carboxylic acids is 1. The van der Waals surface area contributed by atoms with Crippen molar-refractivity contribution < 1.29 is 24.1 Å². The first kappa shape index (κ1) is 32.1. The van der Waals surface area contributed by atoms with E-state index in [0.29, 0.717) is 11.1 Å². The molecular formula is C38H44N2O5. The highest BCUT2D eigenvalue weighted by atomic mass is 16.7. The van der Waals surface area contributed by atoms with Crippen molar-refractivity contribution in [3.63, 3.8) is 0 Å². The van der Waals surface area contributed by atoms with Crippen LogP contribution in [0.25, 0.3) is 33.0 Å². The molecule has 0 radical (unpaired) electrons. The third-order valence-electron chi connectivity index (χ3n) is 8.72. The van der Waals surface area contributed by atoms with Crippen molar-refractivity contribution in [1.82, 2.24) is 9.13 Å². The van der Waals surface area contributed by atoms with E-state index in [4.69, 9.17) is 14.2 Å². The van der Waals surface area contributed by atoms with E-state index in [-0.39, 0.29) is 36.7 Å². The predicted molar refractivity (Wildman–Crippen MR) is 182 cm³/mol. The predicted octanol–water partition coefficient (Wildman–Crippen LogP) is 8.51. The maximum absolute atomic E-state index is 14.6. The molecule has 0 saturated heterocycles. The Hall–Kier alpha value is -4.33. The standard InChI is InChI=1S/C38H44N2O5/c1-10-36(6,7)39-23-27(25-19-15-17-21-29(25)39)31-33(41)34(42)32(38(44-13-4,45-14-5)35(31)43-12-3)28-24-40(37(8,9)11-2)30-22-18-16-20-26(28)30/h10-11,15-24,42H,1-2,12-14H2,3-9H3. The van der Waals surface area contributed by atoms with Gasteiger partial charge in [-0.15, -0.1) is 13.2 Å². The van der Waals surface area contributed by atoms with Crippen LogP contribution in [0.1, 0.15) is 59.6 Å². The highest BCUT2D eigenvalue weighted by Gasteiger charge is 2.53. The molecule has 0 atom stereocenters. The first-order valence-corrected chi connectivity index (χ1v) is 15.6. The van der Waals surface area contributed by atoms with Crippen molar-refractivity contribution in [3.05, 3.63) is 109 Å². The molecule has 2 aromatic carbocycles. The minimum Gasteiger partial charge on any atom is -0.504 e. The van der Waals surface area contributed by atoms with E-state index in [1.807, 2.05) is 93.8 Å². The number of Topliss-reactive ketones (excluding diaryl/α,β-unsaturated/α-hetero) is 1. The SMILES string of the molecule is C=CC(C)(C)n1cc(C2=C(OCC)C(OCC)(OCC)C(c3cn(C(C)(C)C=C)c4ccccc34)=C(O)C2=O)c2ccccc21. The molecule has 5 rings (SSSR count). The molecule has 0 bridgehead atoms. The summed E-state index contributed by atoms with van der Waals surface area (Å²) in [6.07, 6.45) is 7.60. The van der Waals surface area contributed by atoms with Crippen molar-refractivity contribution in [1.29, 1.82) is 0 Å². The second kappa shape index (κ2) is 11.9. The van der Waals surface area contributed by atoms with E-state index in [9.17, 15) is 9.90 Å². The van der Waals surface area contributed by atoms with E-state index in [2.05, 4.69) is 50.0 Å². The Morgan fingerprint density at radius 1 is 0.778 bits per heavy atom. The van der Waals surface area contributed by atoms with Crippen molar-refractivity contribution in [3.8, 4) is 0 Å². The van der Waals surface area contributed by atoms with Crippen LogP contribution in [0, 0.1) is 0 Å². The Bertz CT molecular complexity index is 1860. The molecular weight excluding hydrogens is 564 g/mol. The average Bonchev–Trinajstić information content (AvgIpc) is 3.61. The van der Waals surface area contributed by atoms with Gasteiger partial charge >= 0.3 is 0 Å². The summed E-state index contributed by atoms with van der Waals surface area (Å²) < 4.78 is 23.7. The van der Waals surface area contributed by atoms with Gasteiger partial charge in [0.2, 0.25) is 5.78 Å². The number of hydrogen-bond acceptors (Lipinski definition) is 5. The van der Waals surface area contributed by atoms with Gasteiger partial charge in [-0.1, -0.05) is 48.6 Å². The highest BCUT2D eigenvalue weighted by Crippen LogP contribution is 2.51. The van der Waals surface area contributed by atoms with E-state index in [1.165, 1.54) is 0 Å². The van der Waals surface area contributed by atoms with E-state index >= 15 is 0 Å². The number of rotatable bonds is 12. The van der Waals surface area contributed by atoms with Crippen molar-refractivity contribution in [2.45, 2.75) is 65.3 Å². The van der Waals surface area contributed by atoms with Crippen molar-refractivity contribution in [2.75, 3.05) is 19.8 Å². The lowest BCUT2D eigenvalue weighted by molar-refractivity contribution is -0.189. The number of ketones is 1. The quantitative estimate of drug-likeness (QED) is 0.129. The third kappa shape index (κ3) is 4.95. The van der Waals surface area contributed by atoms with Crippen LogP contribution in [-0.2, 0) is 30.1 Å². The monoisotopic (exact) mass is 608 g/mol. The second-order valence-electron chi connectivity index (χ2n) is 12.2. The molecule has 0 amide bonds. The zero-order chi connectivity index (χ0) is 32.7. The van der Waals surface area contributed by atoms with Crippen LogP contribution >= 0.6 is 0 Å². The number of aromatic nitrogens is 2. The Kier molecular flexibility index (Phi) is 8.47. The maximum Gasteiger partial charge on any atom is 0.260 e. The molecule has 0 unspecified atom stereocenters. The zero-order valence-corrected chi connectivity index (χ0v) is 27.4. The molecule has 45 heavy (non-hydrogen) atoms. The summed E-state index contributed by atoms with van der Waals surface area (Å²) in [5.74, 6) is -2.53. The van der Waals surface area contributed by atoms with Crippen LogP contribution in [0.3, 0.4) is 0 Å². The van der Waals surface area contributed by atoms with Crippen LogP contribution in [0.15, 0.2) is 97.8 Å². The molecule has 0 aliphatic heterocycles. The van der Waals surface area contributed by atoms with E-state index in [1.54, 1.807) is 0 Å². The van der Waals surface area contributed by atoms with Gasteiger partial charge in [0.25, 0.3) is 5.79 Å². The lowest BCUT2D eigenvalue weighted by Gasteiger charge is -2.40. The van der Waals surface area contributed by atoms with Gasteiger partial charge in [0.05, 0.1) is 28.8 Å². The topological polar surface area (TPSA) is 74.8 Å². The van der Waals surface area contributed by atoms with Crippen LogP contribution < -0.4 is 0 Å². The summed E-state index contributed by atoms with van der Waals surface area (Å²) in [6, 6.07) is 15.7. The fraction of sp³-hybridized carbons (Fsp3) is 0.342. The molecule has 1 N–H and O–H groups in total. The number of aliphatic hydroxyl groups is 1. The fourth-order valence-electron chi connectivity index (χ4n) is 6.26. The average molecular weight is 609 g/mol. The van der Waals surface area contributed by atoms with Gasteiger partial charge in [0.1, 0.15) is 0 Å². The van der Waals surface area contributed by atoms with E-state index in [0.717, 1.165) is 21.8 Å². The number of carbonyl (C=O) groups is 1. The normalized spacial score (nSPS) is 15.8. The molecule has 1 aliphatic carbocycles. The lowest BCUT2D eigenvalue weighted by Crippen LogP contribution is -2.45. The number of allylic oxidation sites excluding steroid dienone is 3. The van der Waals surface area contributed by atoms with Crippen LogP contribution in [0.2, 0.25) is 0 Å². The molecule has 0 saturated carbocycles. The lowest BCUT2D eigenvalue weighted by atomic mass is 9.82. The van der Waals surface area contributed by atoms with Gasteiger partial charge in [-0.3, -0.25) is 4.79 Å². The minimum absolute atomic E-state index is 0.199. The number of fused-ring (bicyclic) bond motifs is 2. The first-order chi connectivity index (χ1) is 21.4. The smallest absolute Gasteiger partial charge is 0.260 e. The largest absolute Gasteiger partial charge is 0.504 e. The van der Waals surface area contributed by atoms with Gasteiger partial charge in [0.15, 0.2) is 11.5 Å². The molecule has 2 heterocycles. The summed E-state index contributed by atoms with van der Waals surface area (Å²) >= 11 is 0. The fourth-order valence-corrected chi connectivity index (χ4v) is 6.26. The van der Waals surface area contributed by atoms with Crippen molar-refractivity contribution in [2.24, 2.45) is 0 Å². The Labute approximate surface area is 265 Å². The number of ether oxygens (including phenoxy) is 3. The van der Waals surface area contributed by atoms with Crippen LogP contribution in [0.5, 0.6) is 0 Å². The summed E-state index contributed by atoms with van der Waals surface area (Å²) in [4.78, 5) is 14.6. The third-order valence-corrected chi connectivity index (χ3v) is 8.72. The Balaban J connectivity index is 1.92. The number of benzene rings is 2. The summed E-state index contributed by atoms with van der Waals surface area (Å²) in [5, 5.41) is 13.8. The summed E-state index contributed by atoms with van der Waals surface area (Å²) in [7, 11) is 0. The molecule has 4 aromatic rings. The molecule has 0 spiro atoms. The minimum atomic E-state index is -1.72. The van der Waals surface area contributed by atoms with Crippen LogP contribution in [0.4, 0.5) is 0 Å². The Morgan fingerprint density at radius 3 is 1.71 bits per heavy atom. The van der Waals surface area contributed by atoms with Gasteiger partial charge in [-0.05, 0) is 60.6 Å². The molecule has 1 aliphatic rings. The summed E-state index contributed by atoms with van der Waals surface area (Å²) in [5.41, 5.74) is 2.51. The second-order valence-corrected chi connectivity index (χ2v) is 12.2.